The highest BCUT2D eigenvalue weighted by Gasteiger charge is 2.11. The van der Waals surface area contributed by atoms with Crippen LogP contribution >= 0.6 is 31.9 Å². The highest BCUT2D eigenvalue weighted by molar-refractivity contribution is 9.10. The topological polar surface area (TPSA) is 17.1 Å². The van der Waals surface area contributed by atoms with Gasteiger partial charge in [0.25, 0.3) is 0 Å². The maximum absolute atomic E-state index is 13.6. The van der Waals surface area contributed by atoms with Gasteiger partial charge in [0.15, 0.2) is 0 Å². The Hall–Kier alpha value is -1.00. The van der Waals surface area contributed by atoms with E-state index in [-0.39, 0.29) is 18.0 Å². The fourth-order valence-corrected chi connectivity index (χ4v) is 2.64. The van der Waals surface area contributed by atoms with Crippen LogP contribution in [0.3, 0.4) is 0 Å². The predicted molar refractivity (Wildman–Crippen MR) is 80.7 cm³/mol. The van der Waals surface area contributed by atoms with Crippen molar-refractivity contribution in [2.75, 3.05) is 0 Å². The Morgan fingerprint density at radius 3 is 2.42 bits per heavy atom. The summed E-state index contributed by atoms with van der Waals surface area (Å²) in [5.74, 6) is -0.354. The van der Waals surface area contributed by atoms with Crippen LogP contribution in [0.25, 0.3) is 0 Å². The molecule has 0 fully saturated rings. The molecule has 1 nitrogen and oxygen atoms in total. The normalized spacial score (nSPS) is 10.5. The third-order valence-corrected chi connectivity index (χ3v) is 4.01. The van der Waals surface area contributed by atoms with Crippen molar-refractivity contribution in [2.45, 2.75) is 12.8 Å². The first-order valence-corrected chi connectivity index (χ1v) is 7.34. The van der Waals surface area contributed by atoms with E-state index in [1.165, 1.54) is 6.07 Å². The molecule has 0 spiro atoms. The Morgan fingerprint density at radius 2 is 1.68 bits per heavy atom. The first kappa shape index (κ1) is 14.4. The summed E-state index contributed by atoms with van der Waals surface area (Å²) in [7, 11) is 0. The fourth-order valence-electron chi connectivity index (χ4n) is 1.81. The lowest BCUT2D eigenvalue weighted by Gasteiger charge is -2.05. The lowest BCUT2D eigenvalue weighted by atomic mass is 10.0. The molecule has 0 heterocycles. The third-order valence-electron chi connectivity index (χ3n) is 2.74. The van der Waals surface area contributed by atoms with Gasteiger partial charge in [-0.05, 0) is 35.4 Å². The number of hydrogen-bond donors (Lipinski definition) is 0. The van der Waals surface area contributed by atoms with E-state index in [1.54, 1.807) is 12.1 Å². The largest absolute Gasteiger partial charge is 0.299 e. The van der Waals surface area contributed by atoms with Gasteiger partial charge in [0.1, 0.15) is 11.6 Å². The molecule has 0 aromatic heterocycles. The molecule has 0 saturated carbocycles. The summed E-state index contributed by atoms with van der Waals surface area (Å²) in [5, 5.41) is 0. The molecule has 2 rings (SSSR count). The summed E-state index contributed by atoms with van der Waals surface area (Å²) in [4.78, 5) is 12.0. The molecule has 0 N–H and O–H groups in total. The summed E-state index contributed by atoms with van der Waals surface area (Å²) >= 11 is 6.68. The van der Waals surface area contributed by atoms with Crippen molar-refractivity contribution < 1.29 is 9.18 Å². The first-order chi connectivity index (χ1) is 9.06. The Morgan fingerprint density at radius 1 is 1.00 bits per heavy atom. The van der Waals surface area contributed by atoms with Gasteiger partial charge in [-0.3, -0.25) is 4.79 Å². The van der Waals surface area contributed by atoms with Crippen LogP contribution in [0.2, 0.25) is 0 Å². The zero-order valence-electron chi connectivity index (χ0n) is 10.00. The number of rotatable bonds is 4. The van der Waals surface area contributed by atoms with Gasteiger partial charge in [-0.1, -0.05) is 50.1 Å². The van der Waals surface area contributed by atoms with Crippen molar-refractivity contribution in [1.29, 1.82) is 0 Å². The zero-order chi connectivity index (χ0) is 13.8. The number of carbonyl (C=O) groups is 1. The van der Waals surface area contributed by atoms with E-state index >= 15 is 0 Å². The average Bonchev–Trinajstić information content (AvgIpc) is 2.37. The van der Waals surface area contributed by atoms with Crippen molar-refractivity contribution in [3.8, 4) is 0 Å². The Balaban J connectivity index is 2.10. The molecular weight excluding hydrogens is 375 g/mol. The number of hydrogen-bond acceptors (Lipinski definition) is 1. The first-order valence-electron chi connectivity index (χ1n) is 5.75. The second kappa shape index (κ2) is 6.44. The Bertz CT molecular complexity index is 611. The molecule has 0 amide bonds. The zero-order valence-corrected chi connectivity index (χ0v) is 13.2. The van der Waals surface area contributed by atoms with Crippen LogP contribution in [-0.4, -0.2) is 5.78 Å². The number of Topliss-reactive ketones (excluding diaryl/α,β-unsaturated/α-hetero) is 1. The van der Waals surface area contributed by atoms with Gasteiger partial charge in [-0.2, -0.15) is 0 Å². The van der Waals surface area contributed by atoms with E-state index in [4.69, 9.17) is 0 Å². The molecule has 0 unspecified atom stereocenters. The summed E-state index contributed by atoms with van der Waals surface area (Å²) in [6.45, 7) is 0. The number of ketones is 1. The van der Waals surface area contributed by atoms with Gasteiger partial charge in [0.2, 0.25) is 0 Å². The van der Waals surface area contributed by atoms with Gasteiger partial charge in [0.05, 0.1) is 0 Å². The van der Waals surface area contributed by atoms with E-state index in [9.17, 15) is 9.18 Å². The van der Waals surface area contributed by atoms with Gasteiger partial charge in [-0.15, -0.1) is 0 Å². The summed E-state index contributed by atoms with van der Waals surface area (Å²) in [6, 6.07) is 12.2. The lowest BCUT2D eigenvalue weighted by molar-refractivity contribution is -0.117. The van der Waals surface area contributed by atoms with Crippen LogP contribution in [0.4, 0.5) is 4.39 Å². The molecule has 0 atom stereocenters. The molecule has 2 aromatic rings. The smallest absolute Gasteiger partial charge is 0.141 e. The minimum Gasteiger partial charge on any atom is -0.299 e. The second-order valence-electron chi connectivity index (χ2n) is 4.22. The molecule has 0 saturated heterocycles. The molecule has 4 heteroatoms. The maximum atomic E-state index is 13.6. The molecule has 2 aromatic carbocycles. The summed E-state index contributed by atoms with van der Waals surface area (Å²) < 4.78 is 15.2. The molecule has 0 aliphatic rings. The van der Waals surface area contributed by atoms with Crippen LogP contribution in [0, 0.1) is 5.82 Å². The van der Waals surface area contributed by atoms with Gasteiger partial charge < -0.3 is 0 Å². The van der Waals surface area contributed by atoms with E-state index < -0.39 is 0 Å². The molecular formula is C15H11Br2FO. The monoisotopic (exact) mass is 384 g/mol. The molecule has 0 bridgehead atoms. The average molecular weight is 386 g/mol. The Kier molecular flexibility index (Phi) is 4.88. The van der Waals surface area contributed by atoms with Crippen molar-refractivity contribution in [3.05, 3.63) is 68.4 Å². The number of carbonyl (C=O) groups excluding carboxylic acids is 1. The van der Waals surface area contributed by atoms with Crippen LogP contribution in [0.15, 0.2) is 51.4 Å². The predicted octanol–water partition coefficient (Wildman–Crippen LogP) is 4.71. The lowest BCUT2D eigenvalue weighted by Crippen LogP contribution is -2.08. The van der Waals surface area contributed by atoms with E-state index in [1.807, 2.05) is 24.3 Å². The van der Waals surface area contributed by atoms with Gasteiger partial charge in [0, 0.05) is 21.8 Å². The van der Waals surface area contributed by atoms with Crippen LogP contribution in [-0.2, 0) is 17.6 Å². The standard InChI is InChI=1S/C15H11Br2FO/c16-12-5-6-15(18)11(7-12)9-13(19)8-10-3-1-2-4-14(10)17/h1-7H,8-9H2. The number of halogens is 3. The molecule has 0 radical (unpaired) electrons. The second-order valence-corrected chi connectivity index (χ2v) is 5.99. The SMILES string of the molecule is O=C(Cc1cc(Br)ccc1F)Cc1ccccc1Br. The highest BCUT2D eigenvalue weighted by atomic mass is 79.9. The molecule has 0 aliphatic heterocycles. The minimum absolute atomic E-state index is 0.0103. The van der Waals surface area contributed by atoms with Crippen LogP contribution < -0.4 is 0 Å². The van der Waals surface area contributed by atoms with Crippen molar-refractivity contribution in [1.82, 2.24) is 0 Å². The molecule has 19 heavy (non-hydrogen) atoms. The molecule has 98 valence electrons. The van der Waals surface area contributed by atoms with E-state index in [2.05, 4.69) is 31.9 Å². The quantitative estimate of drug-likeness (QED) is 0.745. The minimum atomic E-state index is -0.344. The van der Waals surface area contributed by atoms with Gasteiger partial charge >= 0.3 is 0 Å². The highest BCUT2D eigenvalue weighted by Crippen LogP contribution is 2.19. The van der Waals surface area contributed by atoms with Crippen molar-refractivity contribution in [3.63, 3.8) is 0 Å². The van der Waals surface area contributed by atoms with Gasteiger partial charge in [-0.25, -0.2) is 4.39 Å². The van der Waals surface area contributed by atoms with Crippen molar-refractivity contribution >= 4 is 37.6 Å². The fraction of sp³-hybridized carbons (Fsp3) is 0.133. The molecule has 0 aliphatic carbocycles. The maximum Gasteiger partial charge on any atom is 0.141 e. The van der Waals surface area contributed by atoms with Crippen LogP contribution in [0.1, 0.15) is 11.1 Å². The van der Waals surface area contributed by atoms with Crippen molar-refractivity contribution in [2.24, 2.45) is 0 Å². The van der Waals surface area contributed by atoms with E-state index in [0.29, 0.717) is 12.0 Å². The van der Waals surface area contributed by atoms with E-state index in [0.717, 1.165) is 14.5 Å². The third kappa shape index (κ3) is 3.98. The summed E-state index contributed by atoms with van der Waals surface area (Å²) in [5.41, 5.74) is 1.34. The number of benzene rings is 2. The van der Waals surface area contributed by atoms with Crippen LogP contribution in [0.5, 0.6) is 0 Å². The summed E-state index contributed by atoms with van der Waals surface area (Å²) in [6.07, 6.45) is 0.403. The Labute approximate surface area is 128 Å².